The van der Waals surface area contributed by atoms with Gasteiger partial charge < -0.3 is 5.32 Å². The van der Waals surface area contributed by atoms with Crippen molar-refractivity contribution >= 4 is 0 Å². The number of hydrogen-bond acceptors (Lipinski definition) is 2. The Morgan fingerprint density at radius 1 is 1.10 bits per heavy atom. The molecule has 2 heteroatoms. The fourth-order valence-corrected chi connectivity index (χ4v) is 5.15. The molecule has 0 radical (unpaired) electrons. The normalized spacial score (nSPS) is 37.6. The van der Waals surface area contributed by atoms with Crippen molar-refractivity contribution in [2.75, 3.05) is 13.1 Å². The van der Waals surface area contributed by atoms with E-state index in [0.29, 0.717) is 5.54 Å². The van der Waals surface area contributed by atoms with E-state index in [-0.39, 0.29) is 0 Å². The Kier molecular flexibility index (Phi) is 4.95. The average molecular weight is 293 g/mol. The molecule has 122 valence electrons. The van der Waals surface area contributed by atoms with Crippen LogP contribution >= 0.6 is 0 Å². The number of rotatable bonds is 5. The molecule has 1 aliphatic heterocycles. The van der Waals surface area contributed by atoms with Crippen LogP contribution < -0.4 is 5.32 Å². The summed E-state index contributed by atoms with van der Waals surface area (Å²) in [4.78, 5) is 2.95. The van der Waals surface area contributed by atoms with E-state index in [0.717, 1.165) is 23.9 Å². The third kappa shape index (κ3) is 3.32. The van der Waals surface area contributed by atoms with E-state index in [1.54, 1.807) is 0 Å². The first-order valence-electron chi connectivity index (χ1n) is 9.68. The van der Waals surface area contributed by atoms with Crippen LogP contribution in [0.1, 0.15) is 78.6 Å². The van der Waals surface area contributed by atoms with Gasteiger partial charge in [-0.25, -0.2) is 0 Å². The van der Waals surface area contributed by atoms with Gasteiger partial charge in [-0.2, -0.15) is 0 Å². The zero-order valence-electron chi connectivity index (χ0n) is 14.5. The summed E-state index contributed by atoms with van der Waals surface area (Å²) in [5, 5.41) is 3.93. The summed E-state index contributed by atoms with van der Waals surface area (Å²) in [6.45, 7) is 9.82. The maximum atomic E-state index is 3.93. The molecule has 1 N–H and O–H groups in total. The van der Waals surface area contributed by atoms with Gasteiger partial charge in [-0.05, 0) is 57.3 Å². The van der Waals surface area contributed by atoms with E-state index in [1.165, 1.54) is 70.9 Å². The number of hydrogen-bond donors (Lipinski definition) is 1. The van der Waals surface area contributed by atoms with E-state index in [4.69, 9.17) is 0 Å². The van der Waals surface area contributed by atoms with E-state index < -0.39 is 0 Å². The number of piperazine rings is 1. The van der Waals surface area contributed by atoms with Crippen LogP contribution in [0, 0.1) is 11.8 Å². The van der Waals surface area contributed by atoms with Gasteiger partial charge in [-0.15, -0.1) is 0 Å². The fraction of sp³-hybridized carbons (Fsp3) is 1.00. The van der Waals surface area contributed by atoms with Crippen molar-refractivity contribution < 1.29 is 0 Å². The first-order valence-corrected chi connectivity index (χ1v) is 9.68. The third-order valence-electron chi connectivity index (χ3n) is 6.71. The van der Waals surface area contributed by atoms with Crippen LogP contribution in [0.4, 0.5) is 0 Å². The van der Waals surface area contributed by atoms with Gasteiger partial charge in [0.15, 0.2) is 0 Å². The second-order valence-corrected chi connectivity index (χ2v) is 8.18. The molecule has 0 amide bonds. The largest absolute Gasteiger partial charge is 0.308 e. The molecule has 0 bridgehead atoms. The first kappa shape index (κ1) is 15.8. The lowest BCUT2D eigenvalue weighted by Crippen LogP contribution is -2.66. The van der Waals surface area contributed by atoms with E-state index in [2.05, 4.69) is 31.0 Å². The monoisotopic (exact) mass is 292 g/mol. The van der Waals surface area contributed by atoms with Crippen molar-refractivity contribution in [2.45, 2.75) is 96.2 Å². The Morgan fingerprint density at radius 3 is 2.38 bits per heavy atom. The molecule has 21 heavy (non-hydrogen) atoms. The predicted octanol–water partition coefficient (Wildman–Crippen LogP) is 4.20. The topological polar surface area (TPSA) is 15.3 Å². The lowest BCUT2D eigenvalue weighted by Gasteiger charge is -2.51. The molecule has 1 heterocycles. The molecular weight excluding hydrogens is 256 g/mol. The summed E-state index contributed by atoms with van der Waals surface area (Å²) in [6.07, 6.45) is 13.0. The minimum atomic E-state index is 0.397. The molecule has 3 rings (SSSR count). The van der Waals surface area contributed by atoms with E-state index in [9.17, 15) is 0 Å². The van der Waals surface area contributed by atoms with E-state index in [1.807, 2.05) is 0 Å². The van der Waals surface area contributed by atoms with Crippen LogP contribution in [-0.4, -0.2) is 35.6 Å². The van der Waals surface area contributed by atoms with Gasteiger partial charge in [0, 0.05) is 30.7 Å². The molecule has 3 unspecified atom stereocenters. The van der Waals surface area contributed by atoms with Crippen LogP contribution in [0.25, 0.3) is 0 Å². The maximum Gasteiger partial charge on any atom is 0.0309 e. The fourth-order valence-electron chi connectivity index (χ4n) is 5.15. The van der Waals surface area contributed by atoms with Crippen molar-refractivity contribution in [3.05, 3.63) is 0 Å². The summed E-state index contributed by atoms with van der Waals surface area (Å²) in [5.74, 6) is 1.92. The van der Waals surface area contributed by atoms with Crippen molar-refractivity contribution in [1.82, 2.24) is 10.2 Å². The van der Waals surface area contributed by atoms with Crippen LogP contribution in [0.15, 0.2) is 0 Å². The minimum Gasteiger partial charge on any atom is -0.308 e. The highest BCUT2D eigenvalue weighted by molar-refractivity contribution is 5.05. The molecular formula is C19H36N2. The Labute approximate surface area is 132 Å². The second kappa shape index (κ2) is 6.58. The highest BCUT2D eigenvalue weighted by atomic mass is 15.3. The van der Waals surface area contributed by atoms with Gasteiger partial charge in [0.2, 0.25) is 0 Å². The number of nitrogens with zero attached hydrogens (tertiary/aromatic N) is 1. The summed E-state index contributed by atoms with van der Waals surface area (Å²) in [5.41, 5.74) is 0.397. The van der Waals surface area contributed by atoms with Gasteiger partial charge in [0.25, 0.3) is 0 Å². The van der Waals surface area contributed by atoms with Crippen LogP contribution in [-0.2, 0) is 0 Å². The van der Waals surface area contributed by atoms with Crippen molar-refractivity contribution in [1.29, 1.82) is 0 Å². The van der Waals surface area contributed by atoms with Gasteiger partial charge >= 0.3 is 0 Å². The Morgan fingerprint density at radius 2 is 1.81 bits per heavy atom. The van der Waals surface area contributed by atoms with Crippen molar-refractivity contribution in [3.8, 4) is 0 Å². The zero-order chi connectivity index (χ0) is 14.9. The zero-order valence-corrected chi connectivity index (χ0v) is 14.5. The van der Waals surface area contributed by atoms with Crippen LogP contribution in [0.3, 0.4) is 0 Å². The van der Waals surface area contributed by atoms with Gasteiger partial charge in [-0.1, -0.05) is 33.1 Å². The predicted molar refractivity (Wildman–Crippen MR) is 90.6 cm³/mol. The minimum absolute atomic E-state index is 0.397. The van der Waals surface area contributed by atoms with Crippen LogP contribution in [0.5, 0.6) is 0 Å². The molecule has 2 nitrogen and oxygen atoms in total. The van der Waals surface area contributed by atoms with Gasteiger partial charge in [0.1, 0.15) is 0 Å². The second-order valence-electron chi connectivity index (χ2n) is 8.18. The summed E-state index contributed by atoms with van der Waals surface area (Å²) < 4.78 is 0. The van der Waals surface area contributed by atoms with Crippen molar-refractivity contribution in [2.24, 2.45) is 11.8 Å². The SMILES string of the molecule is CCC1CNC(C)(C2CC2)CN1C(CC)C1CCCCC1. The summed E-state index contributed by atoms with van der Waals surface area (Å²) in [7, 11) is 0. The quantitative estimate of drug-likeness (QED) is 0.817. The van der Waals surface area contributed by atoms with Crippen LogP contribution in [0.2, 0.25) is 0 Å². The highest BCUT2D eigenvalue weighted by Gasteiger charge is 2.47. The third-order valence-corrected chi connectivity index (χ3v) is 6.71. The maximum absolute atomic E-state index is 3.93. The summed E-state index contributed by atoms with van der Waals surface area (Å²) >= 11 is 0. The standard InChI is InChI=1S/C19H36N2/c1-4-17-13-20-19(3,16-11-12-16)14-21(17)18(5-2)15-9-7-6-8-10-15/h15-18,20H,4-14H2,1-3H3. The van der Waals surface area contributed by atoms with Gasteiger partial charge in [-0.3, -0.25) is 4.90 Å². The molecule has 2 aliphatic carbocycles. The molecule has 0 spiro atoms. The molecule has 0 aromatic carbocycles. The first-order chi connectivity index (χ1) is 10.2. The van der Waals surface area contributed by atoms with E-state index >= 15 is 0 Å². The lowest BCUT2D eigenvalue weighted by atomic mass is 9.79. The Hall–Kier alpha value is -0.0800. The summed E-state index contributed by atoms with van der Waals surface area (Å²) in [6, 6.07) is 1.61. The molecule has 0 aromatic heterocycles. The highest BCUT2D eigenvalue weighted by Crippen LogP contribution is 2.43. The van der Waals surface area contributed by atoms with Crippen molar-refractivity contribution in [3.63, 3.8) is 0 Å². The molecule has 3 fully saturated rings. The molecule has 3 aliphatic rings. The Bertz CT molecular complexity index is 332. The molecule has 0 aromatic rings. The Balaban J connectivity index is 1.73. The van der Waals surface area contributed by atoms with Gasteiger partial charge in [0.05, 0.1) is 0 Å². The molecule has 2 saturated carbocycles. The average Bonchev–Trinajstić information content (AvgIpc) is 3.35. The molecule has 1 saturated heterocycles. The lowest BCUT2D eigenvalue weighted by molar-refractivity contribution is 0.00514. The molecule has 3 atom stereocenters. The number of nitrogens with one attached hydrogen (secondary N) is 1. The smallest absolute Gasteiger partial charge is 0.0309 e.